The Morgan fingerprint density at radius 1 is 1.62 bits per heavy atom. The monoisotopic (exact) mass is 207 g/mol. The lowest BCUT2D eigenvalue weighted by molar-refractivity contribution is 0.141. The van der Waals surface area contributed by atoms with E-state index in [1.165, 1.54) is 13.0 Å². The van der Waals surface area contributed by atoms with Crippen LogP contribution in [-0.2, 0) is 6.61 Å². The van der Waals surface area contributed by atoms with Crippen molar-refractivity contribution in [1.29, 1.82) is 0 Å². The van der Waals surface area contributed by atoms with Crippen LogP contribution in [0.25, 0.3) is 0 Å². The Labute approximate surface area is 79.2 Å². The maximum atomic E-state index is 12.3. The second kappa shape index (κ2) is 3.98. The molecule has 0 unspecified atom stereocenters. The van der Waals surface area contributed by atoms with Gasteiger partial charge >= 0.3 is 0 Å². The number of aryl methyl sites for hydroxylation is 1. The third-order valence-corrected chi connectivity index (χ3v) is 2.02. The Kier molecular flexibility index (Phi) is 3.17. The molecule has 0 saturated carbocycles. The van der Waals surface area contributed by atoms with Gasteiger partial charge in [-0.15, -0.1) is 0 Å². The highest BCUT2D eigenvalue weighted by Gasteiger charge is 2.15. The molecule has 13 heavy (non-hydrogen) atoms. The molecule has 1 aromatic rings. The van der Waals surface area contributed by atoms with E-state index >= 15 is 0 Å². The molecule has 0 amide bonds. The first kappa shape index (κ1) is 10.3. The van der Waals surface area contributed by atoms with Crippen LogP contribution in [0.3, 0.4) is 0 Å². The van der Waals surface area contributed by atoms with E-state index in [1.807, 2.05) is 0 Å². The van der Waals surface area contributed by atoms with Gasteiger partial charge in [0.25, 0.3) is 6.43 Å². The Morgan fingerprint density at radius 2 is 2.23 bits per heavy atom. The highest BCUT2D eigenvalue weighted by Crippen LogP contribution is 2.25. The summed E-state index contributed by atoms with van der Waals surface area (Å²) in [6.45, 7) is 1.06. The van der Waals surface area contributed by atoms with E-state index in [0.717, 1.165) is 0 Å². The molecule has 0 aliphatic carbocycles. The lowest BCUT2D eigenvalue weighted by Gasteiger charge is -2.07. The standard InChI is InChI=1S/C8H8ClF2NO/c1-4-6(9)2-5(3-13)7(12-4)8(10)11/h2,8,13H,3H2,1H3. The molecular weight excluding hydrogens is 200 g/mol. The van der Waals surface area contributed by atoms with Crippen molar-refractivity contribution in [2.45, 2.75) is 20.0 Å². The Balaban J connectivity index is 3.25. The molecule has 0 aliphatic heterocycles. The molecule has 0 fully saturated rings. The largest absolute Gasteiger partial charge is 0.392 e. The van der Waals surface area contributed by atoms with Gasteiger partial charge in [-0.05, 0) is 13.0 Å². The third kappa shape index (κ3) is 2.14. The molecule has 1 heterocycles. The molecule has 1 N–H and O–H groups in total. The van der Waals surface area contributed by atoms with Crippen LogP contribution < -0.4 is 0 Å². The minimum atomic E-state index is -2.68. The zero-order valence-corrected chi connectivity index (χ0v) is 7.65. The van der Waals surface area contributed by atoms with Crippen molar-refractivity contribution in [2.75, 3.05) is 0 Å². The van der Waals surface area contributed by atoms with E-state index < -0.39 is 18.7 Å². The first-order valence-corrected chi connectivity index (χ1v) is 3.99. The van der Waals surface area contributed by atoms with Crippen molar-refractivity contribution in [2.24, 2.45) is 0 Å². The number of hydrogen-bond donors (Lipinski definition) is 1. The van der Waals surface area contributed by atoms with Gasteiger partial charge in [-0.3, -0.25) is 4.98 Å². The zero-order chi connectivity index (χ0) is 10.0. The smallest absolute Gasteiger partial charge is 0.280 e. The van der Waals surface area contributed by atoms with Crippen LogP contribution >= 0.6 is 11.6 Å². The van der Waals surface area contributed by atoms with Gasteiger partial charge in [0.1, 0.15) is 5.69 Å². The number of rotatable bonds is 2. The number of aromatic nitrogens is 1. The number of pyridine rings is 1. The van der Waals surface area contributed by atoms with Crippen molar-refractivity contribution >= 4 is 11.6 Å². The topological polar surface area (TPSA) is 33.1 Å². The molecule has 0 spiro atoms. The average molecular weight is 208 g/mol. The van der Waals surface area contributed by atoms with Gasteiger partial charge < -0.3 is 5.11 Å². The highest BCUT2D eigenvalue weighted by atomic mass is 35.5. The van der Waals surface area contributed by atoms with Crippen molar-refractivity contribution in [3.05, 3.63) is 28.0 Å². The van der Waals surface area contributed by atoms with Gasteiger partial charge in [0.15, 0.2) is 0 Å². The highest BCUT2D eigenvalue weighted by molar-refractivity contribution is 6.31. The summed E-state index contributed by atoms with van der Waals surface area (Å²) in [5.41, 5.74) is 0.0177. The fourth-order valence-corrected chi connectivity index (χ4v) is 1.13. The van der Waals surface area contributed by atoms with Crippen LogP contribution in [0.1, 0.15) is 23.4 Å². The van der Waals surface area contributed by atoms with Crippen LogP contribution in [0.2, 0.25) is 5.02 Å². The molecule has 1 rings (SSSR count). The number of alkyl halides is 2. The number of halogens is 3. The van der Waals surface area contributed by atoms with Crippen molar-refractivity contribution < 1.29 is 13.9 Å². The van der Waals surface area contributed by atoms with E-state index in [4.69, 9.17) is 16.7 Å². The Hall–Kier alpha value is -0.740. The average Bonchev–Trinajstić information content (AvgIpc) is 2.08. The quantitative estimate of drug-likeness (QED) is 0.808. The molecule has 2 nitrogen and oxygen atoms in total. The molecular formula is C8H8ClF2NO. The first-order chi connectivity index (χ1) is 6.06. The van der Waals surface area contributed by atoms with Gasteiger partial charge in [-0.1, -0.05) is 11.6 Å². The van der Waals surface area contributed by atoms with E-state index in [9.17, 15) is 8.78 Å². The third-order valence-electron chi connectivity index (χ3n) is 1.64. The van der Waals surface area contributed by atoms with Crippen LogP contribution in [0, 0.1) is 6.92 Å². The van der Waals surface area contributed by atoms with Crippen molar-refractivity contribution in [3.63, 3.8) is 0 Å². The molecule has 0 aliphatic rings. The summed E-state index contributed by atoms with van der Waals surface area (Å²) < 4.78 is 24.6. The molecule has 1 aromatic heterocycles. The summed E-state index contributed by atoms with van der Waals surface area (Å²) in [5.74, 6) is 0. The molecule has 5 heteroatoms. The number of hydrogen-bond acceptors (Lipinski definition) is 2. The van der Waals surface area contributed by atoms with Crippen molar-refractivity contribution in [3.8, 4) is 0 Å². The summed E-state index contributed by atoms with van der Waals surface area (Å²) in [4.78, 5) is 3.60. The number of aliphatic hydroxyl groups excluding tert-OH is 1. The predicted octanol–water partition coefficient (Wildman–Crippen LogP) is 2.47. The molecule has 0 aromatic carbocycles. The normalized spacial score (nSPS) is 10.9. The van der Waals surface area contributed by atoms with Gasteiger partial charge in [0.05, 0.1) is 17.3 Å². The minimum absolute atomic E-state index is 0.0746. The second-order valence-corrected chi connectivity index (χ2v) is 2.97. The van der Waals surface area contributed by atoms with E-state index in [0.29, 0.717) is 5.69 Å². The van der Waals surface area contributed by atoms with Crippen LogP contribution in [0.15, 0.2) is 6.07 Å². The fraction of sp³-hybridized carbons (Fsp3) is 0.375. The summed E-state index contributed by atoms with van der Waals surface area (Å²) in [6, 6.07) is 1.31. The second-order valence-electron chi connectivity index (χ2n) is 2.56. The van der Waals surface area contributed by atoms with Crippen molar-refractivity contribution in [1.82, 2.24) is 4.98 Å². The van der Waals surface area contributed by atoms with Gasteiger partial charge in [-0.2, -0.15) is 0 Å². The summed E-state index contributed by atoms with van der Waals surface area (Å²) in [7, 11) is 0. The molecule has 0 bridgehead atoms. The molecule has 0 atom stereocenters. The molecule has 0 saturated heterocycles. The number of nitrogens with zero attached hydrogens (tertiary/aromatic N) is 1. The molecule has 72 valence electrons. The summed E-state index contributed by atoms with van der Waals surface area (Å²) >= 11 is 5.65. The number of aliphatic hydroxyl groups is 1. The fourth-order valence-electron chi connectivity index (χ4n) is 0.953. The van der Waals surface area contributed by atoms with Gasteiger partial charge in [0, 0.05) is 5.56 Å². The van der Waals surface area contributed by atoms with E-state index in [2.05, 4.69) is 4.98 Å². The summed E-state index contributed by atoms with van der Waals surface area (Å²) in [5, 5.41) is 9.04. The SMILES string of the molecule is Cc1nc(C(F)F)c(CO)cc1Cl. The minimum Gasteiger partial charge on any atom is -0.392 e. The Bertz CT molecular complexity index is 317. The molecule has 0 radical (unpaired) electrons. The van der Waals surface area contributed by atoms with Crippen LogP contribution in [0.5, 0.6) is 0 Å². The Morgan fingerprint density at radius 3 is 2.69 bits per heavy atom. The van der Waals surface area contributed by atoms with Gasteiger partial charge in [0.2, 0.25) is 0 Å². The predicted molar refractivity (Wildman–Crippen MR) is 44.9 cm³/mol. The maximum absolute atomic E-state index is 12.3. The zero-order valence-electron chi connectivity index (χ0n) is 6.89. The lowest BCUT2D eigenvalue weighted by atomic mass is 10.2. The van der Waals surface area contributed by atoms with Crippen LogP contribution in [0.4, 0.5) is 8.78 Å². The first-order valence-electron chi connectivity index (χ1n) is 3.61. The van der Waals surface area contributed by atoms with Gasteiger partial charge in [-0.25, -0.2) is 8.78 Å². The summed E-state index contributed by atoms with van der Waals surface area (Å²) in [6.07, 6.45) is -2.68. The maximum Gasteiger partial charge on any atom is 0.280 e. The van der Waals surface area contributed by atoms with E-state index in [1.54, 1.807) is 0 Å². The van der Waals surface area contributed by atoms with E-state index in [-0.39, 0.29) is 10.6 Å². The van der Waals surface area contributed by atoms with Crippen LogP contribution in [-0.4, -0.2) is 10.1 Å². The lowest BCUT2D eigenvalue weighted by Crippen LogP contribution is -2.00.